The van der Waals surface area contributed by atoms with Crippen LogP contribution < -0.4 is 5.63 Å². The standard InChI is InChI=1S/C24H24O3S/c25-21-20(16-17-10-4-1-5-11-17)22(18-12-6-2-7-13-18)27-24(26)23(21)28-19-14-8-3-9-15-19/h1-2,4-7,10-13,19,25H,3,8-9,14-16H2. The zero-order valence-electron chi connectivity index (χ0n) is 15.8. The Balaban J connectivity index is 1.79. The SMILES string of the molecule is O=c1oc(-c2ccccc2)c(Cc2ccccc2)c(O)c1SC1CCCCC1. The van der Waals surface area contributed by atoms with Crippen molar-refractivity contribution >= 4 is 11.8 Å². The Hall–Kier alpha value is -2.46. The second kappa shape index (κ2) is 8.70. The minimum Gasteiger partial charge on any atom is -0.506 e. The first-order valence-corrected chi connectivity index (χ1v) is 10.8. The van der Waals surface area contributed by atoms with Gasteiger partial charge in [0.15, 0.2) is 0 Å². The van der Waals surface area contributed by atoms with Gasteiger partial charge in [-0.25, -0.2) is 4.79 Å². The number of hydrogen-bond donors (Lipinski definition) is 1. The Morgan fingerprint density at radius 2 is 1.57 bits per heavy atom. The quantitative estimate of drug-likeness (QED) is 0.576. The molecular formula is C24H24O3S. The van der Waals surface area contributed by atoms with E-state index < -0.39 is 5.63 Å². The van der Waals surface area contributed by atoms with Crippen molar-refractivity contribution in [2.24, 2.45) is 0 Å². The Labute approximate surface area is 169 Å². The predicted molar refractivity (Wildman–Crippen MR) is 114 cm³/mol. The van der Waals surface area contributed by atoms with Gasteiger partial charge in [0.1, 0.15) is 16.4 Å². The summed E-state index contributed by atoms with van der Waals surface area (Å²) in [5.41, 5.74) is 2.10. The zero-order chi connectivity index (χ0) is 19.3. The smallest absolute Gasteiger partial charge is 0.353 e. The fraction of sp³-hybridized carbons (Fsp3) is 0.292. The third kappa shape index (κ3) is 4.17. The molecule has 4 heteroatoms. The van der Waals surface area contributed by atoms with Crippen LogP contribution in [0.1, 0.15) is 43.2 Å². The Bertz CT molecular complexity index is 974. The highest BCUT2D eigenvalue weighted by Crippen LogP contribution is 2.40. The summed E-state index contributed by atoms with van der Waals surface area (Å²) in [5.74, 6) is 0.537. The molecular weight excluding hydrogens is 368 g/mol. The van der Waals surface area contributed by atoms with Crippen LogP contribution in [0.2, 0.25) is 0 Å². The van der Waals surface area contributed by atoms with Gasteiger partial charge < -0.3 is 9.52 Å². The van der Waals surface area contributed by atoms with Crippen LogP contribution in [0.15, 0.2) is 74.8 Å². The lowest BCUT2D eigenvalue weighted by atomic mass is 9.99. The highest BCUT2D eigenvalue weighted by molar-refractivity contribution is 8.00. The van der Waals surface area contributed by atoms with Crippen LogP contribution in [0.5, 0.6) is 5.75 Å². The van der Waals surface area contributed by atoms with Crippen LogP contribution in [-0.4, -0.2) is 10.4 Å². The number of aromatic hydroxyl groups is 1. The van der Waals surface area contributed by atoms with Gasteiger partial charge in [0.05, 0.1) is 0 Å². The van der Waals surface area contributed by atoms with Gasteiger partial charge in [-0.1, -0.05) is 79.9 Å². The monoisotopic (exact) mass is 392 g/mol. The van der Waals surface area contributed by atoms with Crippen LogP contribution >= 0.6 is 11.8 Å². The molecule has 4 rings (SSSR count). The van der Waals surface area contributed by atoms with E-state index in [-0.39, 0.29) is 5.75 Å². The first-order valence-electron chi connectivity index (χ1n) is 9.87. The van der Waals surface area contributed by atoms with E-state index in [1.807, 2.05) is 60.7 Å². The fourth-order valence-electron chi connectivity index (χ4n) is 3.78. The van der Waals surface area contributed by atoms with E-state index in [4.69, 9.17) is 4.42 Å². The summed E-state index contributed by atoms with van der Waals surface area (Å²) in [5, 5.41) is 11.5. The van der Waals surface area contributed by atoms with Gasteiger partial charge in [0, 0.05) is 22.8 Å². The molecule has 144 valence electrons. The summed E-state index contributed by atoms with van der Waals surface area (Å²) in [6, 6.07) is 19.5. The van der Waals surface area contributed by atoms with Gasteiger partial charge in [-0.05, 0) is 18.4 Å². The highest BCUT2D eigenvalue weighted by atomic mass is 32.2. The number of thioether (sulfide) groups is 1. The van der Waals surface area contributed by atoms with E-state index in [9.17, 15) is 9.90 Å². The molecule has 1 N–H and O–H groups in total. The van der Waals surface area contributed by atoms with E-state index in [1.165, 1.54) is 31.0 Å². The maximum atomic E-state index is 12.8. The first-order chi connectivity index (χ1) is 13.7. The molecule has 0 saturated heterocycles. The summed E-state index contributed by atoms with van der Waals surface area (Å²) in [6.07, 6.45) is 6.30. The molecule has 0 unspecified atom stereocenters. The highest BCUT2D eigenvalue weighted by Gasteiger charge is 2.24. The van der Waals surface area contributed by atoms with Crippen LogP contribution in [0.3, 0.4) is 0 Å². The third-order valence-corrected chi connectivity index (χ3v) is 6.65. The van der Waals surface area contributed by atoms with Gasteiger partial charge in [-0.3, -0.25) is 0 Å². The summed E-state index contributed by atoms with van der Waals surface area (Å²) < 4.78 is 5.78. The molecule has 28 heavy (non-hydrogen) atoms. The minimum atomic E-state index is -0.441. The summed E-state index contributed by atoms with van der Waals surface area (Å²) in [6.45, 7) is 0. The van der Waals surface area contributed by atoms with Crippen molar-refractivity contribution in [3.05, 3.63) is 82.2 Å². The molecule has 0 amide bonds. The van der Waals surface area contributed by atoms with Gasteiger partial charge >= 0.3 is 5.63 Å². The molecule has 1 aliphatic carbocycles. The van der Waals surface area contributed by atoms with Crippen LogP contribution in [0.25, 0.3) is 11.3 Å². The molecule has 0 atom stereocenters. The van der Waals surface area contributed by atoms with E-state index in [0.717, 1.165) is 24.0 Å². The van der Waals surface area contributed by atoms with Gasteiger partial charge in [0.25, 0.3) is 0 Å². The van der Waals surface area contributed by atoms with Gasteiger partial charge in [0.2, 0.25) is 0 Å². The average Bonchev–Trinajstić information content (AvgIpc) is 2.75. The van der Waals surface area contributed by atoms with Crippen molar-refractivity contribution < 1.29 is 9.52 Å². The Morgan fingerprint density at radius 3 is 2.25 bits per heavy atom. The van der Waals surface area contributed by atoms with Crippen molar-refractivity contribution in [1.82, 2.24) is 0 Å². The molecule has 1 fully saturated rings. The van der Waals surface area contributed by atoms with Crippen molar-refractivity contribution in [2.45, 2.75) is 48.7 Å². The lowest BCUT2D eigenvalue weighted by molar-refractivity contribution is 0.421. The molecule has 1 aromatic heterocycles. The summed E-state index contributed by atoms with van der Waals surface area (Å²) in [4.78, 5) is 13.1. The van der Waals surface area contributed by atoms with Crippen LogP contribution in [-0.2, 0) is 6.42 Å². The topological polar surface area (TPSA) is 50.4 Å². The molecule has 0 aliphatic heterocycles. The number of benzene rings is 2. The first kappa shape index (κ1) is 18.9. The zero-order valence-corrected chi connectivity index (χ0v) is 16.6. The Morgan fingerprint density at radius 1 is 0.929 bits per heavy atom. The van der Waals surface area contributed by atoms with E-state index in [0.29, 0.717) is 27.9 Å². The predicted octanol–water partition coefficient (Wildman–Crippen LogP) is 6.03. The average molecular weight is 393 g/mol. The molecule has 2 aromatic carbocycles. The Kier molecular flexibility index (Phi) is 5.87. The largest absolute Gasteiger partial charge is 0.506 e. The molecule has 3 nitrogen and oxygen atoms in total. The van der Waals surface area contributed by atoms with Crippen molar-refractivity contribution in [3.8, 4) is 17.1 Å². The van der Waals surface area contributed by atoms with Crippen LogP contribution in [0, 0.1) is 0 Å². The van der Waals surface area contributed by atoms with Crippen molar-refractivity contribution in [2.75, 3.05) is 0 Å². The normalized spacial score (nSPS) is 14.9. The fourth-order valence-corrected chi connectivity index (χ4v) is 5.06. The molecule has 1 saturated carbocycles. The number of hydrogen-bond acceptors (Lipinski definition) is 4. The molecule has 0 bridgehead atoms. The molecule has 1 heterocycles. The van der Waals surface area contributed by atoms with Gasteiger partial charge in [-0.15, -0.1) is 11.8 Å². The molecule has 0 spiro atoms. The van der Waals surface area contributed by atoms with Crippen LogP contribution in [0.4, 0.5) is 0 Å². The maximum Gasteiger partial charge on any atom is 0.353 e. The van der Waals surface area contributed by atoms with Crippen molar-refractivity contribution in [3.63, 3.8) is 0 Å². The number of rotatable bonds is 5. The third-order valence-electron chi connectivity index (χ3n) is 5.25. The molecule has 1 aliphatic rings. The van der Waals surface area contributed by atoms with E-state index in [2.05, 4.69) is 0 Å². The lowest BCUT2D eigenvalue weighted by Gasteiger charge is -2.21. The second-order valence-electron chi connectivity index (χ2n) is 7.28. The van der Waals surface area contributed by atoms with E-state index in [1.54, 1.807) is 0 Å². The minimum absolute atomic E-state index is 0.0783. The van der Waals surface area contributed by atoms with E-state index >= 15 is 0 Å². The van der Waals surface area contributed by atoms with Gasteiger partial charge in [-0.2, -0.15) is 0 Å². The maximum absolute atomic E-state index is 12.8. The molecule has 0 radical (unpaired) electrons. The summed E-state index contributed by atoms with van der Waals surface area (Å²) in [7, 11) is 0. The summed E-state index contributed by atoms with van der Waals surface area (Å²) >= 11 is 1.49. The lowest BCUT2D eigenvalue weighted by Crippen LogP contribution is -2.13. The molecule has 3 aromatic rings. The second-order valence-corrected chi connectivity index (χ2v) is 8.59. The van der Waals surface area contributed by atoms with Crippen molar-refractivity contribution in [1.29, 1.82) is 0 Å².